The van der Waals surface area contributed by atoms with Gasteiger partial charge in [0.1, 0.15) is 0 Å². The van der Waals surface area contributed by atoms with Gasteiger partial charge in [-0.25, -0.2) is 4.79 Å². The molecular formula is C10H9ClO2S. The van der Waals surface area contributed by atoms with E-state index in [0.717, 1.165) is 11.0 Å². The molecule has 0 aliphatic carbocycles. The van der Waals surface area contributed by atoms with Crippen LogP contribution in [0.1, 0.15) is 0 Å². The number of carbonyl (C=O) groups is 1. The van der Waals surface area contributed by atoms with Crippen LogP contribution in [0.15, 0.2) is 41.3 Å². The van der Waals surface area contributed by atoms with Gasteiger partial charge in [0.15, 0.2) is 0 Å². The van der Waals surface area contributed by atoms with Crippen molar-refractivity contribution in [3.63, 3.8) is 0 Å². The lowest BCUT2D eigenvalue weighted by Gasteiger charge is -1.97. The average Bonchev–Trinajstić information content (AvgIpc) is 2.12. The fraction of sp³-hybridized carbons (Fsp3) is 0.100. The molecule has 4 heteroatoms. The third kappa shape index (κ3) is 4.35. The predicted octanol–water partition coefficient (Wildman–Crippen LogP) is 3.07. The first kappa shape index (κ1) is 11.1. The summed E-state index contributed by atoms with van der Waals surface area (Å²) in [6.07, 6.45) is 2.74. The van der Waals surface area contributed by atoms with Gasteiger partial charge < -0.3 is 5.11 Å². The molecular weight excluding hydrogens is 220 g/mol. The lowest BCUT2D eigenvalue weighted by atomic mass is 10.4. The average molecular weight is 229 g/mol. The molecule has 0 aliphatic heterocycles. The molecule has 0 radical (unpaired) electrons. The van der Waals surface area contributed by atoms with Gasteiger partial charge in [0, 0.05) is 21.7 Å². The van der Waals surface area contributed by atoms with Crippen LogP contribution in [0.4, 0.5) is 0 Å². The van der Waals surface area contributed by atoms with Crippen molar-refractivity contribution >= 4 is 29.3 Å². The fourth-order valence-corrected chi connectivity index (χ4v) is 1.88. The molecule has 1 aromatic rings. The number of carboxylic acids is 1. The number of hydrogen-bond acceptors (Lipinski definition) is 2. The van der Waals surface area contributed by atoms with Gasteiger partial charge in [-0.15, -0.1) is 11.8 Å². The minimum atomic E-state index is -0.920. The molecule has 0 spiro atoms. The summed E-state index contributed by atoms with van der Waals surface area (Å²) in [6.45, 7) is 0. The Hall–Kier alpha value is -0.930. The minimum Gasteiger partial charge on any atom is -0.478 e. The van der Waals surface area contributed by atoms with Gasteiger partial charge in [-0.2, -0.15) is 0 Å². The Labute approximate surface area is 91.6 Å². The standard InChI is InChI=1S/C10H9ClO2S/c11-8-3-1-4-9(7-8)14-6-2-5-10(12)13/h1-5,7H,6H2,(H,12,13)/b5-2+. The summed E-state index contributed by atoms with van der Waals surface area (Å²) in [6, 6.07) is 7.45. The van der Waals surface area contributed by atoms with Crippen molar-refractivity contribution in [3.05, 3.63) is 41.4 Å². The molecule has 0 amide bonds. The Bertz CT molecular complexity index is 350. The Balaban J connectivity index is 2.42. The van der Waals surface area contributed by atoms with Crippen LogP contribution in [0.25, 0.3) is 0 Å². The first-order valence-corrected chi connectivity index (χ1v) is 5.32. The molecule has 1 rings (SSSR count). The zero-order valence-corrected chi connectivity index (χ0v) is 8.89. The van der Waals surface area contributed by atoms with Crippen molar-refractivity contribution in [2.24, 2.45) is 0 Å². The molecule has 0 heterocycles. The molecule has 74 valence electrons. The zero-order valence-electron chi connectivity index (χ0n) is 7.31. The van der Waals surface area contributed by atoms with Crippen LogP contribution >= 0.6 is 23.4 Å². The molecule has 0 aromatic heterocycles. The minimum absolute atomic E-state index is 0.632. The van der Waals surface area contributed by atoms with Gasteiger partial charge >= 0.3 is 5.97 Å². The van der Waals surface area contributed by atoms with E-state index in [-0.39, 0.29) is 0 Å². The van der Waals surface area contributed by atoms with Crippen LogP contribution in [0.5, 0.6) is 0 Å². The molecule has 14 heavy (non-hydrogen) atoms. The second-order valence-corrected chi connectivity index (χ2v) is 4.04. The number of halogens is 1. The monoisotopic (exact) mass is 228 g/mol. The first-order chi connectivity index (χ1) is 6.68. The molecule has 0 saturated carbocycles. The molecule has 0 unspecified atom stereocenters. The van der Waals surface area contributed by atoms with Crippen LogP contribution in [0.3, 0.4) is 0 Å². The highest BCUT2D eigenvalue weighted by atomic mass is 35.5. The van der Waals surface area contributed by atoms with Crippen molar-refractivity contribution in [1.82, 2.24) is 0 Å². The lowest BCUT2D eigenvalue weighted by molar-refractivity contribution is -0.131. The quantitative estimate of drug-likeness (QED) is 0.636. The van der Waals surface area contributed by atoms with Gasteiger partial charge in [0.2, 0.25) is 0 Å². The van der Waals surface area contributed by atoms with E-state index >= 15 is 0 Å². The third-order valence-electron chi connectivity index (χ3n) is 1.40. The van der Waals surface area contributed by atoms with Crippen molar-refractivity contribution in [3.8, 4) is 0 Å². The largest absolute Gasteiger partial charge is 0.478 e. The maximum Gasteiger partial charge on any atom is 0.328 e. The topological polar surface area (TPSA) is 37.3 Å². The Morgan fingerprint density at radius 2 is 2.36 bits per heavy atom. The summed E-state index contributed by atoms with van der Waals surface area (Å²) in [4.78, 5) is 11.2. The van der Waals surface area contributed by atoms with E-state index < -0.39 is 5.97 Å². The number of carboxylic acid groups (broad SMARTS) is 1. The van der Waals surface area contributed by atoms with Gasteiger partial charge in [-0.05, 0) is 18.2 Å². The second-order valence-electron chi connectivity index (χ2n) is 2.51. The molecule has 2 nitrogen and oxygen atoms in total. The van der Waals surface area contributed by atoms with Crippen LogP contribution in [-0.4, -0.2) is 16.8 Å². The maximum absolute atomic E-state index is 10.1. The fourth-order valence-electron chi connectivity index (χ4n) is 0.850. The van der Waals surface area contributed by atoms with Gasteiger partial charge in [-0.1, -0.05) is 23.7 Å². The molecule has 1 N–H and O–H groups in total. The number of rotatable bonds is 4. The van der Waals surface area contributed by atoms with Crippen molar-refractivity contribution in [2.75, 3.05) is 5.75 Å². The van der Waals surface area contributed by atoms with E-state index in [2.05, 4.69) is 0 Å². The summed E-state index contributed by atoms with van der Waals surface area (Å²) in [7, 11) is 0. The lowest BCUT2D eigenvalue weighted by Crippen LogP contribution is -1.86. The first-order valence-electron chi connectivity index (χ1n) is 3.96. The number of aliphatic carboxylic acids is 1. The summed E-state index contributed by atoms with van der Waals surface area (Å²) in [5.41, 5.74) is 0. The normalized spacial score (nSPS) is 10.6. The molecule has 0 bridgehead atoms. The van der Waals surface area contributed by atoms with Crippen molar-refractivity contribution in [1.29, 1.82) is 0 Å². The molecule has 0 saturated heterocycles. The zero-order chi connectivity index (χ0) is 10.4. The Morgan fingerprint density at radius 3 is 3.00 bits per heavy atom. The van der Waals surface area contributed by atoms with Crippen LogP contribution in [-0.2, 0) is 4.79 Å². The molecule has 0 atom stereocenters. The van der Waals surface area contributed by atoms with Crippen molar-refractivity contribution in [2.45, 2.75) is 4.90 Å². The van der Waals surface area contributed by atoms with E-state index in [4.69, 9.17) is 16.7 Å². The Kier molecular flexibility index (Phi) is 4.56. The number of thioether (sulfide) groups is 1. The molecule has 0 aliphatic rings. The van der Waals surface area contributed by atoms with E-state index in [9.17, 15) is 4.79 Å². The summed E-state index contributed by atoms with van der Waals surface area (Å²) >= 11 is 7.32. The Morgan fingerprint density at radius 1 is 1.57 bits per heavy atom. The van der Waals surface area contributed by atoms with Gasteiger partial charge in [0.05, 0.1) is 0 Å². The van der Waals surface area contributed by atoms with E-state index in [1.54, 1.807) is 23.9 Å². The summed E-state index contributed by atoms with van der Waals surface area (Å²) in [5.74, 6) is -0.288. The van der Waals surface area contributed by atoms with Crippen LogP contribution < -0.4 is 0 Å². The van der Waals surface area contributed by atoms with E-state index in [1.807, 2.05) is 18.2 Å². The smallest absolute Gasteiger partial charge is 0.328 e. The van der Waals surface area contributed by atoms with E-state index in [0.29, 0.717) is 10.8 Å². The molecule has 1 aromatic carbocycles. The van der Waals surface area contributed by atoms with Gasteiger partial charge in [-0.3, -0.25) is 0 Å². The van der Waals surface area contributed by atoms with E-state index in [1.165, 1.54) is 0 Å². The highest BCUT2D eigenvalue weighted by Gasteiger charge is 1.93. The summed E-state index contributed by atoms with van der Waals surface area (Å²) < 4.78 is 0. The third-order valence-corrected chi connectivity index (χ3v) is 2.58. The highest BCUT2D eigenvalue weighted by molar-refractivity contribution is 7.99. The number of benzene rings is 1. The number of hydrogen-bond donors (Lipinski definition) is 1. The van der Waals surface area contributed by atoms with Crippen molar-refractivity contribution < 1.29 is 9.90 Å². The predicted molar refractivity (Wildman–Crippen MR) is 59.0 cm³/mol. The maximum atomic E-state index is 10.1. The van der Waals surface area contributed by atoms with Gasteiger partial charge in [0.25, 0.3) is 0 Å². The second kappa shape index (κ2) is 5.73. The van der Waals surface area contributed by atoms with Crippen LogP contribution in [0, 0.1) is 0 Å². The SMILES string of the molecule is O=C(O)/C=C/CSc1cccc(Cl)c1. The van der Waals surface area contributed by atoms with Crippen LogP contribution in [0.2, 0.25) is 5.02 Å². The summed E-state index contributed by atoms with van der Waals surface area (Å²) in [5, 5.41) is 9.03. The molecule has 0 fully saturated rings. The highest BCUT2D eigenvalue weighted by Crippen LogP contribution is 2.21.